The van der Waals surface area contributed by atoms with E-state index < -0.39 is 0 Å². The average Bonchev–Trinajstić information content (AvgIpc) is 2.68. The smallest absolute Gasteiger partial charge is 0.235 e. The Kier molecular flexibility index (Phi) is 2.54. The number of furan rings is 1. The van der Waals surface area contributed by atoms with E-state index in [0.29, 0.717) is 0 Å². The van der Waals surface area contributed by atoms with Crippen molar-refractivity contribution in [1.29, 1.82) is 0 Å². The van der Waals surface area contributed by atoms with Crippen LogP contribution in [0.2, 0.25) is 0 Å². The van der Waals surface area contributed by atoms with E-state index in [1.165, 1.54) is 0 Å². The monoisotopic (exact) mass is 211 g/mol. The maximum atomic E-state index is 11.6. The van der Waals surface area contributed by atoms with Gasteiger partial charge in [-0.1, -0.05) is 0 Å². The number of rotatable bonds is 2. The first-order valence-corrected chi connectivity index (χ1v) is 5.52. The fraction of sp³-hybridized carbons (Fsp3) is 0.500. The van der Waals surface area contributed by atoms with Gasteiger partial charge in [-0.05, 0) is 19.4 Å². The summed E-state index contributed by atoms with van der Waals surface area (Å²) in [6.07, 6.45) is 2.60. The van der Waals surface area contributed by atoms with Gasteiger partial charge in [0.25, 0.3) is 0 Å². The van der Waals surface area contributed by atoms with Gasteiger partial charge in [0, 0.05) is 18.5 Å². The summed E-state index contributed by atoms with van der Waals surface area (Å²) in [5.74, 6) is 1.13. The fourth-order valence-corrected chi connectivity index (χ4v) is 2.71. The molecule has 2 heterocycles. The minimum absolute atomic E-state index is 0.0799. The highest BCUT2D eigenvalue weighted by Gasteiger charge is 2.30. The average molecular weight is 211 g/mol. The molecule has 1 aromatic heterocycles. The third kappa shape index (κ3) is 1.66. The maximum absolute atomic E-state index is 11.6. The van der Waals surface area contributed by atoms with Gasteiger partial charge in [0.1, 0.15) is 5.76 Å². The minimum Gasteiger partial charge on any atom is -0.468 e. The van der Waals surface area contributed by atoms with E-state index in [0.717, 1.165) is 23.6 Å². The van der Waals surface area contributed by atoms with Gasteiger partial charge in [0.05, 0.1) is 11.5 Å². The lowest BCUT2D eigenvalue weighted by atomic mass is 10.4. The summed E-state index contributed by atoms with van der Waals surface area (Å²) in [7, 11) is 1.85. The minimum atomic E-state index is 0.0799. The summed E-state index contributed by atoms with van der Waals surface area (Å²) in [6, 6.07) is 1.92. The number of thioether (sulfide) groups is 1. The molecule has 1 unspecified atom stereocenters. The van der Waals surface area contributed by atoms with Crippen LogP contribution in [0.3, 0.4) is 0 Å². The molecule has 1 aromatic rings. The van der Waals surface area contributed by atoms with Gasteiger partial charge < -0.3 is 9.32 Å². The Morgan fingerprint density at radius 2 is 2.43 bits per heavy atom. The first kappa shape index (κ1) is 9.65. The summed E-state index contributed by atoms with van der Waals surface area (Å²) in [6.45, 7) is 2.79. The van der Waals surface area contributed by atoms with Crippen molar-refractivity contribution in [3.05, 3.63) is 18.1 Å². The van der Waals surface area contributed by atoms with Crippen LogP contribution in [-0.2, 0) is 4.79 Å². The third-order valence-corrected chi connectivity index (χ3v) is 3.86. The predicted octanol–water partition coefficient (Wildman–Crippen LogP) is 1.91. The molecule has 1 saturated heterocycles. The van der Waals surface area contributed by atoms with Crippen LogP contribution in [0.25, 0.3) is 0 Å². The highest BCUT2D eigenvalue weighted by Crippen LogP contribution is 2.32. The second-order valence-electron chi connectivity index (χ2n) is 3.50. The van der Waals surface area contributed by atoms with Crippen molar-refractivity contribution >= 4 is 17.7 Å². The number of carbonyl (C=O) groups excluding carboxylic acids is 1. The lowest BCUT2D eigenvalue weighted by molar-refractivity contribution is -0.126. The summed E-state index contributed by atoms with van der Waals surface area (Å²) in [5, 5.41) is 0.0799. The number of nitrogens with zero attached hydrogens (tertiary/aromatic N) is 1. The lowest BCUT2D eigenvalue weighted by Gasteiger charge is -2.08. The molecule has 2 rings (SSSR count). The molecule has 0 aromatic carbocycles. The number of likely N-dealkylation sites (tertiary alicyclic amines) is 1. The van der Waals surface area contributed by atoms with Gasteiger partial charge in [-0.25, -0.2) is 0 Å². The summed E-state index contributed by atoms with van der Waals surface area (Å²) < 4.78 is 5.19. The predicted molar refractivity (Wildman–Crippen MR) is 55.3 cm³/mol. The molecule has 1 fully saturated rings. The molecular weight excluding hydrogens is 198 g/mol. The van der Waals surface area contributed by atoms with Crippen molar-refractivity contribution in [2.75, 3.05) is 13.6 Å². The van der Waals surface area contributed by atoms with Crippen molar-refractivity contribution in [2.24, 2.45) is 0 Å². The summed E-state index contributed by atoms with van der Waals surface area (Å²) >= 11 is 1.61. The van der Waals surface area contributed by atoms with Crippen LogP contribution in [0.1, 0.15) is 12.2 Å². The Hall–Kier alpha value is -0.900. The molecule has 0 radical (unpaired) electrons. The molecule has 1 atom stereocenters. The standard InChI is InChI=1S/C10H13NO2S/c1-7-8(4-6-13-7)14-9-3-5-11(2)10(9)12/h4,6,9H,3,5H2,1-2H3. The Morgan fingerprint density at radius 3 is 2.93 bits per heavy atom. The number of aryl methyl sites for hydroxylation is 1. The fourth-order valence-electron chi connectivity index (χ4n) is 1.55. The highest BCUT2D eigenvalue weighted by atomic mass is 32.2. The van der Waals surface area contributed by atoms with Crippen LogP contribution in [0, 0.1) is 6.92 Å². The lowest BCUT2D eigenvalue weighted by Crippen LogP contribution is -2.23. The van der Waals surface area contributed by atoms with Gasteiger partial charge in [-0.3, -0.25) is 4.79 Å². The molecule has 0 spiro atoms. The molecule has 0 aliphatic carbocycles. The van der Waals surface area contributed by atoms with E-state index in [1.807, 2.05) is 20.0 Å². The van der Waals surface area contributed by atoms with Crippen molar-refractivity contribution < 1.29 is 9.21 Å². The molecule has 14 heavy (non-hydrogen) atoms. The Balaban J connectivity index is 2.06. The zero-order valence-corrected chi connectivity index (χ0v) is 9.13. The Bertz CT molecular complexity index is 348. The maximum Gasteiger partial charge on any atom is 0.235 e. The molecule has 0 N–H and O–H groups in total. The van der Waals surface area contributed by atoms with E-state index in [1.54, 1.807) is 22.9 Å². The van der Waals surface area contributed by atoms with Gasteiger partial charge in [0.15, 0.2) is 0 Å². The van der Waals surface area contributed by atoms with Gasteiger partial charge in [0.2, 0.25) is 5.91 Å². The summed E-state index contributed by atoms with van der Waals surface area (Å²) in [4.78, 5) is 14.5. The zero-order chi connectivity index (χ0) is 10.1. The van der Waals surface area contributed by atoms with E-state index in [9.17, 15) is 4.79 Å². The van der Waals surface area contributed by atoms with Crippen LogP contribution in [0.4, 0.5) is 0 Å². The molecule has 1 amide bonds. The topological polar surface area (TPSA) is 33.5 Å². The Labute approximate surface area is 87.5 Å². The Morgan fingerprint density at radius 1 is 1.64 bits per heavy atom. The second-order valence-corrected chi connectivity index (χ2v) is 4.74. The van der Waals surface area contributed by atoms with Crippen LogP contribution >= 0.6 is 11.8 Å². The zero-order valence-electron chi connectivity index (χ0n) is 8.32. The number of carbonyl (C=O) groups is 1. The summed E-state index contributed by atoms with van der Waals surface area (Å²) in [5.41, 5.74) is 0. The second kappa shape index (κ2) is 3.69. The molecule has 1 aliphatic rings. The van der Waals surface area contributed by atoms with Crippen LogP contribution in [-0.4, -0.2) is 29.6 Å². The molecule has 0 bridgehead atoms. The molecule has 76 valence electrons. The van der Waals surface area contributed by atoms with Crippen LogP contribution in [0.5, 0.6) is 0 Å². The third-order valence-electron chi connectivity index (χ3n) is 2.46. The number of hydrogen-bond donors (Lipinski definition) is 0. The largest absolute Gasteiger partial charge is 0.468 e. The van der Waals surface area contributed by atoms with E-state index in [4.69, 9.17) is 4.42 Å². The normalized spacial score (nSPS) is 22.0. The van der Waals surface area contributed by atoms with E-state index in [-0.39, 0.29) is 11.2 Å². The van der Waals surface area contributed by atoms with Crippen LogP contribution in [0.15, 0.2) is 21.6 Å². The van der Waals surface area contributed by atoms with Crippen molar-refractivity contribution in [2.45, 2.75) is 23.5 Å². The van der Waals surface area contributed by atoms with Crippen molar-refractivity contribution in [3.63, 3.8) is 0 Å². The first-order valence-electron chi connectivity index (χ1n) is 4.64. The van der Waals surface area contributed by atoms with Gasteiger partial charge in [-0.15, -0.1) is 11.8 Å². The number of hydrogen-bond acceptors (Lipinski definition) is 3. The molecule has 1 aliphatic heterocycles. The molecular formula is C10H13NO2S. The van der Waals surface area contributed by atoms with Gasteiger partial charge in [-0.2, -0.15) is 0 Å². The quantitative estimate of drug-likeness (QED) is 0.749. The number of amides is 1. The van der Waals surface area contributed by atoms with E-state index in [2.05, 4.69) is 0 Å². The van der Waals surface area contributed by atoms with Crippen molar-refractivity contribution in [1.82, 2.24) is 4.90 Å². The SMILES string of the molecule is Cc1occc1SC1CCN(C)C1=O. The van der Waals surface area contributed by atoms with Crippen LogP contribution < -0.4 is 0 Å². The van der Waals surface area contributed by atoms with Crippen molar-refractivity contribution in [3.8, 4) is 0 Å². The molecule has 3 nitrogen and oxygen atoms in total. The van der Waals surface area contributed by atoms with E-state index >= 15 is 0 Å². The van der Waals surface area contributed by atoms with Gasteiger partial charge >= 0.3 is 0 Å². The molecule has 4 heteroatoms. The first-order chi connectivity index (χ1) is 6.68. The molecule has 0 saturated carbocycles. The highest BCUT2D eigenvalue weighted by molar-refractivity contribution is 8.00.